The van der Waals surface area contributed by atoms with Crippen LogP contribution in [-0.4, -0.2) is 91.6 Å². The zero-order chi connectivity index (χ0) is 22.3. The number of nitrogens with zero attached hydrogens (tertiary/aromatic N) is 4. The number of carbonyl (C=O) groups excluding carboxylic acids is 2. The Morgan fingerprint density at radius 1 is 1.03 bits per heavy atom. The summed E-state index contributed by atoms with van der Waals surface area (Å²) in [4.78, 5) is 35.3. The predicted octanol–water partition coefficient (Wildman–Crippen LogP) is 1.71. The zero-order valence-electron chi connectivity index (χ0n) is 18.9. The maximum Gasteiger partial charge on any atom is 0.321 e. The van der Waals surface area contributed by atoms with Crippen molar-refractivity contribution < 1.29 is 14.3 Å². The third-order valence-electron chi connectivity index (χ3n) is 6.33. The van der Waals surface area contributed by atoms with Gasteiger partial charge in [0.1, 0.15) is 6.10 Å². The van der Waals surface area contributed by atoms with Crippen LogP contribution in [0.5, 0.6) is 0 Å². The van der Waals surface area contributed by atoms with Gasteiger partial charge in [0.05, 0.1) is 0 Å². The minimum absolute atomic E-state index is 0.0289. The largest absolute Gasteiger partial charge is 0.368 e. The second kappa shape index (κ2) is 10.7. The number of amides is 3. The van der Waals surface area contributed by atoms with Crippen LogP contribution in [0.1, 0.15) is 31.2 Å². The Hall–Kier alpha value is -2.81. The van der Waals surface area contributed by atoms with Gasteiger partial charge in [-0.3, -0.25) is 9.79 Å². The highest BCUT2D eigenvalue weighted by Gasteiger charge is 2.30. The van der Waals surface area contributed by atoms with Gasteiger partial charge in [-0.05, 0) is 43.4 Å². The fourth-order valence-corrected chi connectivity index (χ4v) is 4.51. The number of urea groups is 1. The van der Waals surface area contributed by atoms with E-state index in [4.69, 9.17) is 4.74 Å². The number of benzene rings is 1. The molecule has 4 rings (SSSR count). The molecule has 1 unspecified atom stereocenters. The first-order valence-electron chi connectivity index (χ1n) is 11.6. The Labute approximate surface area is 189 Å². The van der Waals surface area contributed by atoms with Crippen LogP contribution in [0.3, 0.4) is 0 Å². The van der Waals surface area contributed by atoms with Gasteiger partial charge in [-0.25, -0.2) is 4.79 Å². The SMILES string of the molecule is CN=C(NCc1cccc(NC(=O)N2CCCC2)c1)N1CCN(C(=O)C2CCCO2)CC1. The molecule has 1 aromatic rings. The van der Waals surface area contributed by atoms with E-state index in [-0.39, 0.29) is 18.0 Å². The molecule has 3 aliphatic heterocycles. The number of ether oxygens (including phenoxy) is 1. The van der Waals surface area contributed by atoms with Crippen molar-refractivity contribution in [3.05, 3.63) is 29.8 Å². The van der Waals surface area contributed by atoms with Gasteiger partial charge in [0.15, 0.2) is 5.96 Å². The molecular weight excluding hydrogens is 408 g/mol. The van der Waals surface area contributed by atoms with Crippen molar-refractivity contribution in [2.45, 2.75) is 38.3 Å². The van der Waals surface area contributed by atoms with Gasteiger partial charge >= 0.3 is 6.03 Å². The van der Waals surface area contributed by atoms with E-state index in [2.05, 4.69) is 20.5 Å². The molecule has 32 heavy (non-hydrogen) atoms. The Morgan fingerprint density at radius 2 is 1.78 bits per heavy atom. The summed E-state index contributed by atoms with van der Waals surface area (Å²) < 4.78 is 5.54. The summed E-state index contributed by atoms with van der Waals surface area (Å²) >= 11 is 0. The quantitative estimate of drug-likeness (QED) is 0.547. The fourth-order valence-electron chi connectivity index (χ4n) is 4.51. The molecule has 174 valence electrons. The molecule has 0 radical (unpaired) electrons. The Balaban J connectivity index is 1.25. The van der Waals surface area contributed by atoms with Gasteiger partial charge in [-0.2, -0.15) is 0 Å². The summed E-state index contributed by atoms with van der Waals surface area (Å²) in [7, 11) is 1.78. The van der Waals surface area contributed by atoms with E-state index >= 15 is 0 Å². The first kappa shape index (κ1) is 22.4. The lowest BCUT2D eigenvalue weighted by Crippen LogP contribution is -2.55. The van der Waals surface area contributed by atoms with Crippen molar-refractivity contribution in [1.29, 1.82) is 0 Å². The van der Waals surface area contributed by atoms with Crippen LogP contribution < -0.4 is 10.6 Å². The summed E-state index contributed by atoms with van der Waals surface area (Å²) in [6.07, 6.45) is 3.70. The first-order chi connectivity index (χ1) is 15.6. The molecule has 3 amide bonds. The second-order valence-corrected chi connectivity index (χ2v) is 8.54. The van der Waals surface area contributed by atoms with Crippen LogP contribution in [-0.2, 0) is 16.1 Å². The van der Waals surface area contributed by atoms with Gasteiger partial charge in [-0.15, -0.1) is 0 Å². The number of likely N-dealkylation sites (tertiary alicyclic amines) is 1. The summed E-state index contributed by atoms with van der Waals surface area (Å²) in [5.74, 6) is 0.943. The van der Waals surface area contributed by atoms with E-state index < -0.39 is 0 Å². The van der Waals surface area contributed by atoms with Gasteiger partial charge in [0.2, 0.25) is 0 Å². The number of rotatable bonds is 4. The third kappa shape index (κ3) is 5.51. The number of hydrogen-bond donors (Lipinski definition) is 2. The number of carbonyl (C=O) groups is 2. The second-order valence-electron chi connectivity index (χ2n) is 8.54. The van der Waals surface area contributed by atoms with Crippen LogP contribution in [0.25, 0.3) is 0 Å². The van der Waals surface area contributed by atoms with Gasteiger partial charge in [0.25, 0.3) is 5.91 Å². The van der Waals surface area contributed by atoms with Crippen LogP contribution in [0.2, 0.25) is 0 Å². The topological polar surface area (TPSA) is 89.5 Å². The maximum absolute atomic E-state index is 12.6. The van der Waals surface area contributed by atoms with E-state index in [0.29, 0.717) is 26.2 Å². The summed E-state index contributed by atoms with van der Waals surface area (Å²) in [6.45, 7) is 5.79. The van der Waals surface area contributed by atoms with Crippen LogP contribution in [0, 0.1) is 0 Å². The minimum Gasteiger partial charge on any atom is -0.368 e. The molecule has 0 spiro atoms. The van der Waals surface area contributed by atoms with E-state index in [1.54, 1.807) is 7.05 Å². The van der Waals surface area contributed by atoms with Crippen molar-refractivity contribution in [3.8, 4) is 0 Å². The molecule has 1 atom stereocenters. The Kier molecular flexibility index (Phi) is 7.47. The van der Waals surface area contributed by atoms with Crippen molar-refractivity contribution in [2.75, 3.05) is 58.2 Å². The molecule has 9 heteroatoms. The van der Waals surface area contributed by atoms with E-state index in [0.717, 1.165) is 69.1 Å². The molecule has 1 aromatic carbocycles. The number of guanidine groups is 1. The van der Waals surface area contributed by atoms with Gasteiger partial charge < -0.3 is 30.1 Å². The summed E-state index contributed by atoms with van der Waals surface area (Å²) in [5, 5.41) is 6.41. The van der Waals surface area contributed by atoms with Crippen molar-refractivity contribution in [1.82, 2.24) is 20.0 Å². The summed E-state index contributed by atoms with van der Waals surface area (Å²) in [5.41, 5.74) is 1.87. The first-order valence-corrected chi connectivity index (χ1v) is 11.6. The molecule has 9 nitrogen and oxygen atoms in total. The molecule has 0 saturated carbocycles. The Bertz CT molecular complexity index is 825. The molecule has 3 fully saturated rings. The normalized spacial score (nSPS) is 21.7. The smallest absolute Gasteiger partial charge is 0.321 e. The van der Waals surface area contributed by atoms with E-state index in [1.165, 1.54) is 0 Å². The molecule has 3 heterocycles. The summed E-state index contributed by atoms with van der Waals surface area (Å²) in [6, 6.07) is 7.86. The number of hydrogen-bond acceptors (Lipinski definition) is 4. The third-order valence-corrected chi connectivity index (χ3v) is 6.33. The number of nitrogens with one attached hydrogen (secondary N) is 2. The molecule has 3 saturated heterocycles. The highest BCUT2D eigenvalue weighted by Crippen LogP contribution is 2.17. The lowest BCUT2D eigenvalue weighted by Gasteiger charge is -2.37. The van der Waals surface area contributed by atoms with Crippen LogP contribution in [0.15, 0.2) is 29.3 Å². The molecule has 3 aliphatic rings. The highest BCUT2D eigenvalue weighted by molar-refractivity contribution is 5.89. The number of piperazine rings is 1. The van der Waals surface area contributed by atoms with Crippen molar-refractivity contribution in [3.63, 3.8) is 0 Å². The molecule has 0 bridgehead atoms. The maximum atomic E-state index is 12.6. The van der Waals surface area contributed by atoms with Gasteiger partial charge in [-0.1, -0.05) is 12.1 Å². The average molecular weight is 443 g/mol. The van der Waals surface area contributed by atoms with E-state index in [1.807, 2.05) is 34.1 Å². The predicted molar refractivity (Wildman–Crippen MR) is 124 cm³/mol. The standard InChI is InChI=1S/C23H34N6O3/c1-24-22(28-13-11-27(12-14-28)21(30)20-8-5-15-32-20)25-17-18-6-4-7-19(16-18)26-23(31)29-9-2-3-10-29/h4,6-7,16,20H,2-3,5,8-15,17H2,1H3,(H,24,25)(H,26,31). The molecule has 0 aliphatic carbocycles. The minimum atomic E-state index is -0.253. The molecule has 0 aromatic heterocycles. The Morgan fingerprint density at radius 3 is 2.47 bits per heavy atom. The molecular formula is C23H34N6O3. The lowest BCUT2D eigenvalue weighted by molar-refractivity contribution is -0.142. The highest BCUT2D eigenvalue weighted by atomic mass is 16.5. The monoisotopic (exact) mass is 442 g/mol. The number of aliphatic imine (C=N–C) groups is 1. The van der Waals surface area contributed by atoms with Crippen LogP contribution >= 0.6 is 0 Å². The number of anilines is 1. The average Bonchev–Trinajstić information content (AvgIpc) is 3.54. The molecule has 2 N–H and O–H groups in total. The van der Waals surface area contributed by atoms with Crippen LogP contribution in [0.4, 0.5) is 10.5 Å². The van der Waals surface area contributed by atoms with E-state index in [9.17, 15) is 9.59 Å². The fraction of sp³-hybridized carbons (Fsp3) is 0.609. The van der Waals surface area contributed by atoms with Gasteiger partial charge in [0, 0.05) is 65.2 Å². The van der Waals surface area contributed by atoms with Crippen molar-refractivity contribution in [2.24, 2.45) is 4.99 Å². The zero-order valence-corrected chi connectivity index (χ0v) is 18.9. The van der Waals surface area contributed by atoms with Crippen molar-refractivity contribution >= 4 is 23.6 Å². The lowest BCUT2D eigenvalue weighted by atomic mass is 10.2.